The smallest absolute Gasteiger partial charge is 0.0532 e. The molecule has 6 aliphatic heterocycles. The monoisotopic (exact) mass is 1790 g/mol. The van der Waals surface area contributed by atoms with Crippen molar-refractivity contribution in [1.29, 1.82) is 0 Å². The first-order chi connectivity index (χ1) is 67.0. The summed E-state index contributed by atoms with van der Waals surface area (Å²) in [6, 6.07) is 103. The number of fused-ring (bicyclic) bond motifs is 36. The van der Waals surface area contributed by atoms with Gasteiger partial charge in [-0.3, -0.25) is 0 Å². The molecule has 0 unspecified atom stereocenters. The van der Waals surface area contributed by atoms with Crippen molar-refractivity contribution < 1.29 is 0 Å². The largest absolute Gasteiger partial charge is 0.309 e. The SMILES string of the molecule is CC.CC.CC.CC.CC.CC.CC.CC.CC.CC.CC.CC.CC.CC.CC.c1ccc2c(c1)Cc1c-2ccc2c1Cc1c-2ccc2c1Cc1cccc3c1N2c1ccccc1C3.c1ccc2c(c1)Cc1ccc3c(c1-2)Cc1c-3ccc2c1Cc1cccc3c1N2c1ccccc1C3.c1ccc2c(c1)Cc1ccc3c(c1-2)Cc1ccc2c(c1-3)Cc1cccc3c1N2c1ccccc1C3. The van der Waals surface area contributed by atoms with E-state index in [1.54, 1.807) is 16.7 Å². The summed E-state index contributed by atoms with van der Waals surface area (Å²) in [4.78, 5) is 7.68. The van der Waals surface area contributed by atoms with E-state index in [0.29, 0.717) is 0 Å². The third-order valence-electron chi connectivity index (χ3n) is 26.3. The number of nitrogens with zero attached hydrogens (tertiary/aromatic N) is 3. The molecule has 0 saturated heterocycles. The fourth-order valence-electron chi connectivity index (χ4n) is 22.0. The Bertz CT molecular complexity index is 6510. The van der Waals surface area contributed by atoms with Crippen molar-refractivity contribution in [2.45, 2.75) is 285 Å². The molecule has 6 heterocycles. The van der Waals surface area contributed by atoms with Gasteiger partial charge in [0.15, 0.2) is 0 Å². The zero-order chi connectivity index (χ0) is 98.0. The first kappa shape index (κ1) is 105. The Labute approximate surface area is 818 Å². The van der Waals surface area contributed by atoms with Crippen LogP contribution in [0.3, 0.4) is 0 Å². The molecule has 3 nitrogen and oxygen atoms in total. The fourth-order valence-corrected chi connectivity index (χ4v) is 22.0. The normalized spacial score (nSPS) is 12.3. The van der Waals surface area contributed by atoms with Gasteiger partial charge in [0.25, 0.3) is 0 Å². The van der Waals surface area contributed by atoms with Crippen molar-refractivity contribution in [2.24, 2.45) is 0 Å². The van der Waals surface area contributed by atoms with Crippen molar-refractivity contribution in [3.63, 3.8) is 0 Å². The van der Waals surface area contributed by atoms with Gasteiger partial charge in [-0.25, -0.2) is 0 Å². The Hall–Kier alpha value is -12.3. The molecule has 0 radical (unpaired) electrons. The predicted octanol–water partition coefficient (Wildman–Crippen LogP) is 39.7. The summed E-state index contributed by atoms with van der Waals surface area (Å²) in [6.07, 6.45) is 12.4. The van der Waals surface area contributed by atoms with Crippen LogP contribution in [0.2, 0.25) is 0 Å². The maximum absolute atomic E-state index is 2.56. The molecule has 0 fully saturated rings. The van der Waals surface area contributed by atoms with Crippen LogP contribution in [-0.2, 0) is 77.0 Å². The van der Waals surface area contributed by atoms with E-state index < -0.39 is 0 Å². The molecule has 0 bridgehead atoms. The van der Waals surface area contributed by atoms with Gasteiger partial charge in [-0.1, -0.05) is 444 Å². The Balaban J connectivity index is 0.000000184. The van der Waals surface area contributed by atoms with Crippen LogP contribution >= 0.6 is 0 Å². The summed E-state index contributed by atoms with van der Waals surface area (Å²) in [5.41, 5.74) is 65.6. The lowest BCUT2D eigenvalue weighted by molar-refractivity contribution is 0.996. The summed E-state index contributed by atoms with van der Waals surface area (Å²) in [5.74, 6) is 0. The molecule has 3 heteroatoms. The van der Waals surface area contributed by atoms with Crippen molar-refractivity contribution in [1.82, 2.24) is 0 Å². The summed E-state index contributed by atoms with van der Waals surface area (Å²) in [6.45, 7) is 60.0. The first-order valence-electron chi connectivity index (χ1n) is 53.2. The highest BCUT2D eigenvalue weighted by Gasteiger charge is 2.41. The molecule has 0 spiro atoms. The molecule has 15 aromatic rings. The third-order valence-corrected chi connectivity index (χ3v) is 26.3. The van der Waals surface area contributed by atoms with Crippen LogP contribution in [0.4, 0.5) is 51.2 Å². The lowest BCUT2D eigenvalue weighted by atomic mass is 9.83. The zero-order valence-corrected chi connectivity index (χ0v) is 88.3. The molecule has 0 saturated carbocycles. The van der Waals surface area contributed by atoms with Crippen LogP contribution < -0.4 is 14.7 Å². The quantitative estimate of drug-likeness (QED) is 0.150. The van der Waals surface area contributed by atoms with Crippen LogP contribution in [0.25, 0.3) is 66.8 Å². The van der Waals surface area contributed by atoms with Crippen LogP contribution in [0, 0.1) is 0 Å². The van der Waals surface area contributed by atoms with E-state index in [1.165, 1.54) is 235 Å². The highest BCUT2D eigenvalue weighted by Crippen LogP contribution is 2.60. The van der Waals surface area contributed by atoms with Crippen molar-refractivity contribution in [3.05, 3.63) is 407 Å². The lowest BCUT2D eigenvalue weighted by Gasteiger charge is -2.40. The number of hydrogen-bond donors (Lipinski definition) is 0. The molecule has 15 aromatic carbocycles. The van der Waals surface area contributed by atoms with Gasteiger partial charge in [-0.15, -0.1) is 0 Å². The molecule has 0 aromatic heterocycles. The third kappa shape index (κ3) is 18.7. The first-order valence-corrected chi connectivity index (χ1v) is 53.2. The Morgan fingerprint density at radius 3 is 0.719 bits per heavy atom. The topological polar surface area (TPSA) is 9.72 Å². The van der Waals surface area contributed by atoms with E-state index in [9.17, 15) is 0 Å². The number of rotatable bonds is 0. The molecule has 135 heavy (non-hydrogen) atoms. The van der Waals surface area contributed by atoms with Gasteiger partial charge in [0.1, 0.15) is 0 Å². The van der Waals surface area contributed by atoms with Gasteiger partial charge < -0.3 is 14.7 Å². The van der Waals surface area contributed by atoms with Crippen LogP contribution in [0.1, 0.15) is 341 Å². The van der Waals surface area contributed by atoms with E-state index >= 15 is 0 Å². The van der Waals surface area contributed by atoms with Gasteiger partial charge in [-0.05, 0) is 275 Å². The van der Waals surface area contributed by atoms with E-state index in [0.717, 1.165) is 77.0 Å². The molecule has 0 N–H and O–H groups in total. The van der Waals surface area contributed by atoms with Gasteiger partial charge >= 0.3 is 0 Å². The second-order valence-corrected chi connectivity index (χ2v) is 31.4. The number of benzene rings is 15. The Morgan fingerprint density at radius 1 is 0.119 bits per heavy atom. The molecule has 12 aliphatic rings. The second kappa shape index (κ2) is 49.8. The minimum atomic E-state index is 1.01. The molecule has 702 valence electrons. The van der Waals surface area contributed by atoms with Crippen LogP contribution in [-0.4, -0.2) is 0 Å². The highest BCUT2D eigenvalue weighted by atomic mass is 15.2. The maximum atomic E-state index is 2.56. The van der Waals surface area contributed by atoms with Gasteiger partial charge in [0, 0.05) is 55.6 Å². The maximum Gasteiger partial charge on any atom is 0.0532 e. The average Bonchev–Trinajstić information content (AvgIpc) is 1.34. The van der Waals surface area contributed by atoms with E-state index in [4.69, 9.17) is 0 Å². The number of hydrogen-bond acceptors (Lipinski definition) is 3. The summed E-state index contributed by atoms with van der Waals surface area (Å²) >= 11 is 0. The van der Waals surface area contributed by atoms with Crippen LogP contribution in [0.15, 0.2) is 273 Å². The zero-order valence-electron chi connectivity index (χ0n) is 88.3. The fraction of sp³-hybridized carbons (Fsp3) is 0.318. The Morgan fingerprint density at radius 2 is 0.326 bits per heavy atom. The average molecular weight is 1790 g/mol. The standard InChI is InChI=1S/3C34H23N.15C2H6/c1-3-10-26-20(6-1)16-22-12-14-27-28(32(22)26)18-23-13-15-31-29(33(23)27)19-25-9-5-8-24-17-21-7-2-4-11-30(21)35(31)34(24)25;1-3-10-24-20(6-1)17-28-25(24)12-13-26-27-14-15-33-31(30(27)19-29(26)28)18-23-9-5-8-22-16-21-7-2-4-11-32(21)35(33)34(22)23;1-3-10-25-20(6-1)16-22-12-13-27-26-14-15-32-29(28(26)19-30(27)33(22)25)18-24-9-5-8-23-17-21-7-2-4-11-31(21)35(32)34(23)24;15*1-2/h3*1-15H,16-19H2;15*1-2H3. The van der Waals surface area contributed by atoms with E-state index in [1.807, 2.05) is 208 Å². The molecular weight excluding hydrogens is 1630 g/mol. The molecule has 0 atom stereocenters. The van der Waals surface area contributed by atoms with E-state index in [-0.39, 0.29) is 0 Å². The number of anilines is 9. The molecular formula is C132H159N3. The molecule has 6 aliphatic carbocycles. The minimum Gasteiger partial charge on any atom is -0.309 e. The highest BCUT2D eigenvalue weighted by molar-refractivity contribution is 6.01. The minimum absolute atomic E-state index is 1.01. The van der Waals surface area contributed by atoms with Gasteiger partial charge in [0.2, 0.25) is 0 Å². The van der Waals surface area contributed by atoms with Crippen LogP contribution in [0.5, 0.6) is 0 Å². The molecule has 27 rings (SSSR count). The van der Waals surface area contributed by atoms with Gasteiger partial charge in [0.05, 0.1) is 34.1 Å². The van der Waals surface area contributed by atoms with Gasteiger partial charge in [-0.2, -0.15) is 0 Å². The summed E-state index contributed by atoms with van der Waals surface area (Å²) < 4.78 is 0. The lowest BCUT2D eigenvalue weighted by Crippen LogP contribution is -2.25. The second-order valence-electron chi connectivity index (χ2n) is 31.4. The predicted molar refractivity (Wildman–Crippen MR) is 600 cm³/mol. The van der Waals surface area contributed by atoms with Crippen molar-refractivity contribution >= 4 is 51.2 Å². The van der Waals surface area contributed by atoms with Crippen molar-refractivity contribution in [2.75, 3.05) is 14.7 Å². The summed E-state index contributed by atoms with van der Waals surface area (Å²) in [7, 11) is 0. The van der Waals surface area contributed by atoms with Crippen molar-refractivity contribution in [3.8, 4) is 66.8 Å². The summed E-state index contributed by atoms with van der Waals surface area (Å²) in [5, 5.41) is 0. The van der Waals surface area contributed by atoms with E-state index in [2.05, 4.69) is 288 Å². The molecule has 0 amide bonds. The Kier molecular flexibility index (Phi) is 38.6. The number of para-hydroxylation sites is 6.